The topological polar surface area (TPSA) is 0 Å². The maximum absolute atomic E-state index is 13.3. The van der Waals surface area contributed by atoms with Crippen molar-refractivity contribution in [2.24, 2.45) is 0 Å². The van der Waals surface area contributed by atoms with Crippen molar-refractivity contribution < 1.29 is 8.78 Å². The summed E-state index contributed by atoms with van der Waals surface area (Å²) in [5.41, 5.74) is 2.02. The first-order valence-electron chi connectivity index (χ1n) is 6.75. The molecule has 4 rings (SSSR count). The van der Waals surface area contributed by atoms with E-state index in [1.165, 1.54) is 34.1 Å². The lowest BCUT2D eigenvalue weighted by Crippen LogP contribution is -1.78. The van der Waals surface area contributed by atoms with Gasteiger partial charge in [0.15, 0.2) is 0 Å². The molecule has 122 valence electrons. The SMILES string of the molecule is Fc1ccc(-c2sc(-c3ccc(F)cc3)c3c2SSSSS3)cc1. The summed E-state index contributed by atoms with van der Waals surface area (Å²) in [4.78, 5) is 4.69. The third-order valence-corrected chi connectivity index (χ3v) is 13.4. The molecule has 8 heteroatoms. The van der Waals surface area contributed by atoms with Gasteiger partial charge in [0.05, 0.1) is 19.5 Å². The molecule has 0 aliphatic carbocycles. The normalized spacial score (nSPS) is 14.2. The van der Waals surface area contributed by atoms with Gasteiger partial charge < -0.3 is 0 Å². The summed E-state index contributed by atoms with van der Waals surface area (Å²) in [5, 5.41) is 0. The molecule has 0 atom stereocenters. The van der Waals surface area contributed by atoms with E-state index in [2.05, 4.69) is 0 Å². The van der Waals surface area contributed by atoms with Crippen LogP contribution in [-0.2, 0) is 0 Å². The van der Waals surface area contributed by atoms with Gasteiger partial charge in [-0.2, -0.15) is 0 Å². The first kappa shape index (κ1) is 17.2. The van der Waals surface area contributed by atoms with Crippen molar-refractivity contribution in [1.29, 1.82) is 0 Å². The predicted octanol–water partition coefficient (Wildman–Crippen LogP) is 8.42. The van der Waals surface area contributed by atoms with Crippen LogP contribution in [0.15, 0.2) is 58.3 Å². The van der Waals surface area contributed by atoms with Gasteiger partial charge in [-0.05, 0) is 86.5 Å². The molecular formula is C16H8F2S6. The molecule has 0 spiro atoms. The van der Waals surface area contributed by atoms with E-state index in [4.69, 9.17) is 0 Å². The third-order valence-electron chi connectivity index (χ3n) is 3.33. The molecule has 2 heterocycles. The summed E-state index contributed by atoms with van der Waals surface area (Å²) in [7, 11) is 8.66. The molecule has 0 nitrogen and oxygen atoms in total. The molecular weight excluding hydrogens is 423 g/mol. The van der Waals surface area contributed by atoms with Crippen molar-refractivity contribution >= 4 is 62.4 Å². The van der Waals surface area contributed by atoms with Crippen LogP contribution in [0.4, 0.5) is 8.78 Å². The van der Waals surface area contributed by atoms with Crippen molar-refractivity contribution in [2.45, 2.75) is 9.79 Å². The number of hydrogen-bond acceptors (Lipinski definition) is 6. The largest absolute Gasteiger partial charge is 0.207 e. The van der Waals surface area contributed by atoms with Gasteiger partial charge in [-0.3, -0.25) is 0 Å². The van der Waals surface area contributed by atoms with E-state index in [-0.39, 0.29) is 11.6 Å². The van der Waals surface area contributed by atoms with E-state index in [0.717, 1.165) is 20.9 Å². The quantitative estimate of drug-likeness (QED) is 0.373. The number of halogens is 2. The molecule has 1 aliphatic rings. The Morgan fingerprint density at radius 1 is 0.542 bits per heavy atom. The van der Waals surface area contributed by atoms with Crippen molar-refractivity contribution in [1.82, 2.24) is 0 Å². The van der Waals surface area contributed by atoms with Crippen LogP contribution < -0.4 is 0 Å². The van der Waals surface area contributed by atoms with Gasteiger partial charge in [0.2, 0.25) is 0 Å². The van der Waals surface area contributed by atoms with Crippen LogP contribution >= 0.6 is 62.4 Å². The molecule has 0 fully saturated rings. The summed E-state index contributed by atoms with van der Waals surface area (Å²) < 4.78 is 26.5. The Bertz CT molecular complexity index is 788. The molecule has 0 radical (unpaired) electrons. The van der Waals surface area contributed by atoms with Crippen LogP contribution in [0.25, 0.3) is 20.9 Å². The minimum absolute atomic E-state index is 0.234. The molecule has 0 saturated carbocycles. The van der Waals surface area contributed by atoms with Gasteiger partial charge >= 0.3 is 0 Å². The number of hydrogen-bond donors (Lipinski definition) is 0. The summed E-state index contributed by atoms with van der Waals surface area (Å²) in [6.45, 7) is 0. The minimum Gasteiger partial charge on any atom is -0.207 e. The molecule has 24 heavy (non-hydrogen) atoms. The van der Waals surface area contributed by atoms with Crippen LogP contribution in [-0.4, -0.2) is 0 Å². The fourth-order valence-electron chi connectivity index (χ4n) is 2.24. The Morgan fingerprint density at radius 3 is 1.38 bits per heavy atom. The first-order valence-corrected chi connectivity index (χ1v) is 13.7. The maximum atomic E-state index is 13.3. The Labute approximate surface area is 161 Å². The van der Waals surface area contributed by atoms with Gasteiger partial charge in [0.25, 0.3) is 0 Å². The minimum atomic E-state index is -0.234. The average Bonchev–Trinajstić information content (AvgIpc) is 2.78. The summed E-state index contributed by atoms with van der Waals surface area (Å²) in [6.07, 6.45) is 0. The van der Waals surface area contributed by atoms with E-state index >= 15 is 0 Å². The zero-order chi connectivity index (χ0) is 16.5. The number of fused-ring (bicyclic) bond motifs is 1. The molecule has 0 N–H and O–H groups in total. The van der Waals surface area contributed by atoms with E-state index < -0.39 is 0 Å². The van der Waals surface area contributed by atoms with Crippen molar-refractivity contribution in [3.05, 3.63) is 60.2 Å². The number of thiophene rings is 1. The lowest BCUT2D eigenvalue weighted by molar-refractivity contribution is 0.627. The molecule has 0 unspecified atom stereocenters. The zero-order valence-electron chi connectivity index (χ0n) is 11.8. The van der Waals surface area contributed by atoms with Crippen LogP contribution in [0.5, 0.6) is 0 Å². The summed E-state index contributed by atoms with van der Waals surface area (Å²) >= 11 is 1.68. The average molecular weight is 431 g/mol. The third kappa shape index (κ3) is 3.50. The molecule has 0 bridgehead atoms. The van der Waals surface area contributed by atoms with Gasteiger partial charge in [0, 0.05) is 0 Å². The highest BCUT2D eigenvalue weighted by molar-refractivity contribution is 9.36. The van der Waals surface area contributed by atoms with Crippen molar-refractivity contribution in [2.75, 3.05) is 0 Å². The highest BCUT2D eigenvalue weighted by Crippen LogP contribution is 2.64. The Hall–Kier alpha value is -0.250. The van der Waals surface area contributed by atoms with Gasteiger partial charge in [-0.25, -0.2) is 8.78 Å². The van der Waals surface area contributed by atoms with Crippen molar-refractivity contribution in [3.63, 3.8) is 0 Å². The summed E-state index contributed by atoms with van der Waals surface area (Å²) in [6, 6.07) is 13.2. The van der Waals surface area contributed by atoms with E-state index in [9.17, 15) is 8.78 Å². The molecule has 1 aromatic heterocycles. The van der Waals surface area contributed by atoms with Gasteiger partial charge in [-0.1, -0.05) is 24.3 Å². The monoisotopic (exact) mass is 430 g/mol. The second-order valence-corrected chi connectivity index (χ2v) is 13.3. The molecule has 0 amide bonds. The molecule has 3 aromatic rings. The fraction of sp³-hybridized carbons (Fsp3) is 0. The van der Waals surface area contributed by atoms with Crippen LogP contribution in [0.2, 0.25) is 0 Å². The fourth-order valence-corrected chi connectivity index (χ4v) is 13.3. The van der Waals surface area contributed by atoms with E-state index in [1.54, 1.807) is 62.4 Å². The Kier molecular flexibility index (Phi) is 5.41. The van der Waals surface area contributed by atoms with Gasteiger partial charge in [-0.15, -0.1) is 11.3 Å². The van der Waals surface area contributed by atoms with Crippen LogP contribution in [0, 0.1) is 11.6 Å². The first-order chi connectivity index (χ1) is 11.7. The highest BCUT2D eigenvalue weighted by Gasteiger charge is 2.24. The van der Waals surface area contributed by atoms with Gasteiger partial charge in [0.1, 0.15) is 11.6 Å². The Balaban J connectivity index is 1.88. The molecule has 1 aliphatic heterocycles. The molecule has 0 saturated heterocycles. The van der Waals surface area contributed by atoms with Crippen LogP contribution in [0.3, 0.4) is 0 Å². The highest BCUT2D eigenvalue weighted by atomic mass is 33.8. The standard InChI is InChI=1S/C16H8F2S6/c17-11-5-1-9(2-6-11)13-15-16(21-23-24-22-20-15)14(19-13)10-3-7-12(18)8-4-10/h1-8H. The van der Waals surface area contributed by atoms with Crippen molar-refractivity contribution in [3.8, 4) is 20.9 Å². The molecule has 2 aromatic carbocycles. The summed E-state index contributed by atoms with van der Waals surface area (Å²) in [5.74, 6) is -0.467. The smallest absolute Gasteiger partial charge is 0.123 e. The zero-order valence-corrected chi connectivity index (χ0v) is 16.7. The Morgan fingerprint density at radius 2 is 0.958 bits per heavy atom. The maximum Gasteiger partial charge on any atom is 0.123 e. The van der Waals surface area contributed by atoms with Crippen LogP contribution in [0.1, 0.15) is 0 Å². The lowest BCUT2D eigenvalue weighted by atomic mass is 10.1. The lowest BCUT2D eigenvalue weighted by Gasteiger charge is -2.02. The van der Waals surface area contributed by atoms with E-state index in [1.807, 2.05) is 24.3 Å². The van der Waals surface area contributed by atoms with E-state index in [0.29, 0.717) is 0 Å². The number of rotatable bonds is 2. The second kappa shape index (κ2) is 7.55. The predicted molar refractivity (Wildman–Crippen MR) is 110 cm³/mol. The second-order valence-electron chi connectivity index (χ2n) is 4.80. The number of benzene rings is 2.